The summed E-state index contributed by atoms with van der Waals surface area (Å²) in [6, 6.07) is 12.0. The van der Waals surface area contributed by atoms with E-state index in [0.717, 1.165) is 5.56 Å². The van der Waals surface area contributed by atoms with Crippen molar-refractivity contribution in [3.8, 4) is 0 Å². The van der Waals surface area contributed by atoms with Gasteiger partial charge in [-0.25, -0.2) is 8.42 Å². The number of benzene rings is 2. The van der Waals surface area contributed by atoms with Crippen LogP contribution in [0.2, 0.25) is 0 Å². The predicted molar refractivity (Wildman–Crippen MR) is 100 cm³/mol. The summed E-state index contributed by atoms with van der Waals surface area (Å²) in [4.78, 5) is 23.2. The zero-order valence-electron chi connectivity index (χ0n) is 15.0. The second-order valence-electron chi connectivity index (χ2n) is 6.89. The molecule has 0 spiro atoms. The predicted octanol–water partition coefficient (Wildman–Crippen LogP) is 3.04. The van der Waals surface area contributed by atoms with Crippen molar-refractivity contribution < 1.29 is 18.1 Å². The van der Waals surface area contributed by atoms with E-state index in [1.807, 2.05) is 13.8 Å². The largest absolute Gasteiger partial charge is 0.294 e. The molecule has 1 aliphatic heterocycles. The minimum Gasteiger partial charge on any atom is -0.294 e. The third-order valence-corrected chi connectivity index (χ3v) is 6.78. The lowest BCUT2D eigenvalue weighted by molar-refractivity contribution is -0.384. The quantitative estimate of drug-likeness (QED) is 0.445. The van der Waals surface area contributed by atoms with E-state index in [0.29, 0.717) is 5.56 Å². The maximum Gasteiger partial charge on any atom is 0.269 e. The van der Waals surface area contributed by atoms with E-state index >= 15 is 0 Å². The van der Waals surface area contributed by atoms with Gasteiger partial charge in [-0.2, -0.15) is 4.31 Å². The lowest BCUT2D eigenvalue weighted by Crippen LogP contribution is -2.30. The number of non-ortho nitro benzene ring substituents is 1. The summed E-state index contributed by atoms with van der Waals surface area (Å²) < 4.78 is 27.1. The van der Waals surface area contributed by atoms with Gasteiger partial charge in [-0.3, -0.25) is 14.9 Å². The number of rotatable bonds is 5. The van der Waals surface area contributed by atoms with Crippen molar-refractivity contribution in [2.24, 2.45) is 11.8 Å². The van der Waals surface area contributed by atoms with Gasteiger partial charge in [0.05, 0.1) is 9.82 Å². The molecule has 0 amide bonds. The number of carbonyl (C=O) groups excluding carboxylic acids is 1. The molecule has 0 saturated carbocycles. The highest BCUT2D eigenvalue weighted by molar-refractivity contribution is 7.89. The topological polar surface area (TPSA) is 97.6 Å². The molecule has 1 saturated heterocycles. The summed E-state index contributed by atoms with van der Waals surface area (Å²) in [6.45, 7) is 4.10. The van der Waals surface area contributed by atoms with Crippen LogP contribution in [0, 0.1) is 28.9 Å². The van der Waals surface area contributed by atoms with Gasteiger partial charge in [-0.15, -0.1) is 0 Å². The number of hydrogen-bond donors (Lipinski definition) is 0. The molecule has 0 aromatic heterocycles. The molecule has 0 radical (unpaired) electrons. The summed E-state index contributed by atoms with van der Waals surface area (Å²) in [5, 5.41) is 10.7. The molecule has 2 aromatic rings. The monoisotopic (exact) mass is 388 g/mol. The Morgan fingerprint density at radius 3 is 2.22 bits per heavy atom. The Kier molecular flexibility index (Phi) is 5.12. The van der Waals surface area contributed by atoms with Crippen molar-refractivity contribution in [2.45, 2.75) is 18.7 Å². The average Bonchev–Trinajstić information content (AvgIpc) is 3.04. The Hall–Kier alpha value is -2.58. The fourth-order valence-electron chi connectivity index (χ4n) is 3.28. The molecule has 1 heterocycles. The Morgan fingerprint density at radius 1 is 1.07 bits per heavy atom. The highest BCUT2D eigenvalue weighted by atomic mass is 32.2. The molecular formula is C19H20N2O5S. The molecule has 0 aliphatic carbocycles. The normalized spacial score (nSPS) is 20.5. The number of ketones is 1. The summed E-state index contributed by atoms with van der Waals surface area (Å²) in [6.07, 6.45) is 0. The smallest absolute Gasteiger partial charge is 0.269 e. The number of Topliss-reactive ketones (excluding diaryl/α,β-unsaturated/α-hetero) is 1. The van der Waals surface area contributed by atoms with Crippen LogP contribution in [0.3, 0.4) is 0 Å². The zero-order chi connectivity index (χ0) is 19.8. The van der Waals surface area contributed by atoms with E-state index in [1.54, 1.807) is 24.3 Å². The first kappa shape index (κ1) is 19.2. The molecule has 27 heavy (non-hydrogen) atoms. The minimum absolute atomic E-state index is 0.0883. The molecule has 2 aromatic carbocycles. The molecule has 2 atom stereocenters. The number of aryl methyl sites for hydroxylation is 1. The number of hydrogen-bond acceptors (Lipinski definition) is 5. The van der Waals surface area contributed by atoms with Crippen LogP contribution in [0.1, 0.15) is 22.8 Å². The van der Waals surface area contributed by atoms with Gasteiger partial charge in [0.15, 0.2) is 5.78 Å². The van der Waals surface area contributed by atoms with Crippen molar-refractivity contribution in [2.75, 3.05) is 13.1 Å². The Bertz CT molecular complexity index is 968. The van der Waals surface area contributed by atoms with Crippen LogP contribution >= 0.6 is 0 Å². The van der Waals surface area contributed by atoms with E-state index in [1.165, 1.54) is 28.6 Å². The van der Waals surface area contributed by atoms with Crippen molar-refractivity contribution in [3.63, 3.8) is 0 Å². The van der Waals surface area contributed by atoms with E-state index in [-0.39, 0.29) is 35.4 Å². The van der Waals surface area contributed by atoms with E-state index in [9.17, 15) is 23.3 Å². The van der Waals surface area contributed by atoms with Gasteiger partial charge in [-0.1, -0.05) is 24.6 Å². The third-order valence-electron chi connectivity index (χ3n) is 4.94. The highest BCUT2D eigenvalue weighted by Gasteiger charge is 2.40. The van der Waals surface area contributed by atoms with Gasteiger partial charge in [-0.05, 0) is 37.1 Å². The SMILES string of the molecule is Cc1ccc(S(=O)(=O)N2C[C@@H](C)[C@H](C(=O)c3ccc([N+](=O)[O-])cc3)C2)cc1. The van der Waals surface area contributed by atoms with Gasteiger partial charge >= 0.3 is 0 Å². The maximum absolute atomic E-state index is 12.9. The first-order valence-electron chi connectivity index (χ1n) is 8.55. The minimum atomic E-state index is -3.66. The van der Waals surface area contributed by atoms with Crippen LogP contribution in [0.15, 0.2) is 53.4 Å². The molecule has 7 nitrogen and oxygen atoms in total. The maximum atomic E-state index is 12.9. The first-order valence-corrected chi connectivity index (χ1v) is 9.99. The first-order chi connectivity index (χ1) is 12.7. The van der Waals surface area contributed by atoms with E-state index in [4.69, 9.17) is 0 Å². The Balaban J connectivity index is 1.80. The second kappa shape index (κ2) is 7.21. The molecule has 3 rings (SSSR count). The molecule has 8 heteroatoms. The lowest BCUT2D eigenvalue weighted by atomic mass is 9.90. The Labute approximate surface area is 157 Å². The Morgan fingerprint density at radius 2 is 1.67 bits per heavy atom. The van der Waals surface area contributed by atoms with Gasteiger partial charge in [0.25, 0.3) is 5.69 Å². The summed E-state index contributed by atoms with van der Waals surface area (Å²) in [5.41, 5.74) is 1.23. The number of nitro benzene ring substituents is 1. The van der Waals surface area contributed by atoms with Crippen molar-refractivity contribution in [1.29, 1.82) is 0 Å². The van der Waals surface area contributed by atoms with Crippen molar-refractivity contribution >= 4 is 21.5 Å². The molecule has 1 fully saturated rings. The summed E-state index contributed by atoms with van der Waals surface area (Å²) >= 11 is 0. The van der Waals surface area contributed by atoms with Crippen LogP contribution in [0.5, 0.6) is 0 Å². The van der Waals surface area contributed by atoms with Gasteiger partial charge in [0, 0.05) is 36.7 Å². The fourth-order valence-corrected chi connectivity index (χ4v) is 4.85. The second-order valence-corrected chi connectivity index (χ2v) is 8.83. The van der Waals surface area contributed by atoms with Crippen molar-refractivity contribution in [1.82, 2.24) is 4.31 Å². The third kappa shape index (κ3) is 3.77. The summed E-state index contributed by atoms with van der Waals surface area (Å²) in [5.74, 6) is -0.821. The molecule has 0 N–H and O–H groups in total. The highest BCUT2D eigenvalue weighted by Crippen LogP contribution is 2.31. The van der Waals surface area contributed by atoms with Gasteiger partial charge in [0.1, 0.15) is 0 Å². The molecular weight excluding hydrogens is 368 g/mol. The van der Waals surface area contributed by atoms with Gasteiger partial charge < -0.3 is 0 Å². The van der Waals surface area contributed by atoms with Crippen LogP contribution in [-0.4, -0.2) is 36.5 Å². The van der Waals surface area contributed by atoms with Crippen LogP contribution in [-0.2, 0) is 10.0 Å². The lowest BCUT2D eigenvalue weighted by Gasteiger charge is -2.16. The van der Waals surface area contributed by atoms with Crippen LogP contribution < -0.4 is 0 Å². The molecule has 0 bridgehead atoms. The van der Waals surface area contributed by atoms with E-state index in [2.05, 4.69) is 0 Å². The zero-order valence-corrected chi connectivity index (χ0v) is 15.8. The molecule has 0 unspecified atom stereocenters. The molecule has 142 valence electrons. The average molecular weight is 388 g/mol. The summed E-state index contributed by atoms with van der Waals surface area (Å²) in [7, 11) is -3.66. The standard InChI is InChI=1S/C19H20N2O5S/c1-13-3-9-17(10-4-13)27(25,26)20-11-14(2)18(12-20)19(22)15-5-7-16(8-6-15)21(23)24/h3-10,14,18H,11-12H2,1-2H3/t14-,18-/m1/s1. The number of nitro groups is 1. The number of sulfonamides is 1. The number of nitrogens with zero attached hydrogens (tertiary/aromatic N) is 2. The fraction of sp³-hybridized carbons (Fsp3) is 0.316. The van der Waals surface area contributed by atoms with Crippen molar-refractivity contribution in [3.05, 3.63) is 69.8 Å². The van der Waals surface area contributed by atoms with E-state index < -0.39 is 20.9 Å². The van der Waals surface area contributed by atoms with Crippen LogP contribution in [0.4, 0.5) is 5.69 Å². The number of carbonyl (C=O) groups is 1. The molecule has 1 aliphatic rings. The van der Waals surface area contributed by atoms with Crippen LogP contribution in [0.25, 0.3) is 0 Å². The van der Waals surface area contributed by atoms with Gasteiger partial charge in [0.2, 0.25) is 10.0 Å².